The molecule has 1 amide bonds. The fourth-order valence-corrected chi connectivity index (χ4v) is 4.59. The number of ether oxygens (including phenoxy) is 2. The van der Waals surface area contributed by atoms with E-state index in [9.17, 15) is 13.6 Å². The summed E-state index contributed by atoms with van der Waals surface area (Å²) in [6.07, 6.45) is 3.77. The minimum Gasteiger partial charge on any atom is -0.486 e. The Morgan fingerprint density at radius 1 is 1.15 bits per heavy atom. The first-order valence-electron chi connectivity index (χ1n) is 11.7. The van der Waals surface area contributed by atoms with Crippen molar-refractivity contribution in [2.45, 2.75) is 44.2 Å². The third-order valence-corrected chi connectivity index (χ3v) is 6.67. The van der Waals surface area contributed by atoms with E-state index in [1.807, 2.05) is 35.2 Å². The van der Waals surface area contributed by atoms with Crippen LogP contribution in [-0.2, 0) is 16.1 Å². The van der Waals surface area contributed by atoms with Crippen molar-refractivity contribution in [3.05, 3.63) is 65.2 Å². The van der Waals surface area contributed by atoms with Gasteiger partial charge in [0.25, 0.3) is 0 Å². The largest absolute Gasteiger partial charge is 0.486 e. The highest BCUT2D eigenvalue weighted by molar-refractivity contribution is 5.78. The van der Waals surface area contributed by atoms with Crippen molar-refractivity contribution < 1.29 is 23.0 Å². The fraction of sp³-hybridized carbons (Fsp3) is 0.500. The van der Waals surface area contributed by atoms with Crippen LogP contribution in [0, 0.1) is 17.6 Å². The summed E-state index contributed by atoms with van der Waals surface area (Å²) in [5.74, 6) is -0.594. The maximum absolute atomic E-state index is 14.5. The van der Waals surface area contributed by atoms with Crippen molar-refractivity contribution in [3.63, 3.8) is 0 Å². The molecule has 4 rings (SSSR count). The first-order chi connectivity index (χ1) is 16.0. The predicted octanol–water partition coefficient (Wildman–Crippen LogP) is 4.26. The molecular weight excluding hydrogens is 426 g/mol. The molecule has 0 unspecified atom stereocenters. The second-order valence-electron chi connectivity index (χ2n) is 9.02. The number of hydrogen-bond acceptors (Lipinski definition) is 4. The van der Waals surface area contributed by atoms with E-state index in [0.29, 0.717) is 11.5 Å². The van der Waals surface area contributed by atoms with Crippen LogP contribution >= 0.6 is 0 Å². The lowest BCUT2D eigenvalue weighted by molar-refractivity contribution is -0.131. The Morgan fingerprint density at radius 3 is 2.64 bits per heavy atom. The lowest BCUT2D eigenvalue weighted by Crippen LogP contribution is -2.43. The first kappa shape index (κ1) is 23.6. The van der Waals surface area contributed by atoms with Crippen molar-refractivity contribution in [2.75, 3.05) is 33.4 Å². The molecule has 0 spiro atoms. The number of amides is 1. The molecular formula is C26H32F2N2O3. The van der Waals surface area contributed by atoms with Crippen LogP contribution in [0.25, 0.3) is 0 Å². The zero-order valence-electron chi connectivity index (χ0n) is 19.1. The van der Waals surface area contributed by atoms with Crippen molar-refractivity contribution in [1.29, 1.82) is 0 Å². The number of carbonyl (C=O) groups is 1. The maximum Gasteiger partial charge on any atom is 0.236 e. The number of carbonyl (C=O) groups excluding carboxylic acids is 1. The molecule has 1 saturated heterocycles. The smallest absolute Gasteiger partial charge is 0.236 e. The van der Waals surface area contributed by atoms with E-state index in [1.165, 1.54) is 6.07 Å². The van der Waals surface area contributed by atoms with E-state index in [1.54, 1.807) is 7.11 Å². The number of nitrogens with zero attached hydrogens (tertiary/aromatic N) is 1. The third-order valence-electron chi connectivity index (χ3n) is 6.67. The van der Waals surface area contributed by atoms with Gasteiger partial charge in [-0.15, -0.1) is 0 Å². The van der Waals surface area contributed by atoms with Gasteiger partial charge in [-0.25, -0.2) is 8.78 Å². The minimum absolute atomic E-state index is 0.00784. The minimum atomic E-state index is -0.695. The van der Waals surface area contributed by atoms with Crippen LogP contribution in [0.15, 0.2) is 42.5 Å². The second-order valence-corrected chi connectivity index (χ2v) is 9.02. The van der Waals surface area contributed by atoms with Crippen LogP contribution in [-0.4, -0.2) is 50.2 Å². The van der Waals surface area contributed by atoms with Gasteiger partial charge in [0, 0.05) is 50.4 Å². The lowest BCUT2D eigenvalue weighted by Gasteiger charge is -2.32. The molecule has 1 N–H and O–H groups in total. The van der Waals surface area contributed by atoms with E-state index in [4.69, 9.17) is 9.47 Å². The summed E-state index contributed by atoms with van der Waals surface area (Å²) in [6.45, 7) is 2.76. The molecule has 7 heteroatoms. The van der Waals surface area contributed by atoms with Crippen LogP contribution in [0.2, 0.25) is 0 Å². The van der Waals surface area contributed by atoms with Gasteiger partial charge in [-0.05, 0) is 43.2 Å². The highest BCUT2D eigenvalue weighted by atomic mass is 19.1. The zero-order valence-corrected chi connectivity index (χ0v) is 19.1. The third kappa shape index (κ3) is 6.30. The number of benzene rings is 2. The molecule has 178 valence electrons. The summed E-state index contributed by atoms with van der Waals surface area (Å²) >= 11 is 0. The topological polar surface area (TPSA) is 50.8 Å². The molecule has 2 aromatic rings. The van der Waals surface area contributed by atoms with Gasteiger partial charge in [-0.3, -0.25) is 4.79 Å². The summed E-state index contributed by atoms with van der Waals surface area (Å²) in [5.41, 5.74) is 1.43. The molecule has 2 fully saturated rings. The Balaban J connectivity index is 1.29. The van der Waals surface area contributed by atoms with Gasteiger partial charge in [0.1, 0.15) is 12.4 Å². The molecule has 33 heavy (non-hydrogen) atoms. The van der Waals surface area contributed by atoms with Gasteiger partial charge in [-0.1, -0.05) is 30.3 Å². The molecule has 1 aliphatic carbocycles. The van der Waals surface area contributed by atoms with Gasteiger partial charge in [0.05, 0.1) is 6.54 Å². The van der Waals surface area contributed by atoms with Crippen molar-refractivity contribution >= 4 is 5.91 Å². The fourth-order valence-electron chi connectivity index (χ4n) is 4.59. The summed E-state index contributed by atoms with van der Waals surface area (Å²) in [4.78, 5) is 14.5. The highest BCUT2D eigenvalue weighted by Gasteiger charge is 2.41. The highest BCUT2D eigenvalue weighted by Crippen LogP contribution is 2.46. The Kier molecular flexibility index (Phi) is 7.93. The molecule has 1 saturated carbocycles. The quantitative estimate of drug-likeness (QED) is 0.578. The molecule has 5 nitrogen and oxygen atoms in total. The van der Waals surface area contributed by atoms with Crippen LogP contribution in [0.1, 0.15) is 42.7 Å². The van der Waals surface area contributed by atoms with Gasteiger partial charge in [0.15, 0.2) is 11.6 Å². The Hall–Kier alpha value is -2.51. The molecule has 1 aliphatic heterocycles. The summed E-state index contributed by atoms with van der Waals surface area (Å²) in [7, 11) is 1.71. The number of rotatable bonds is 10. The van der Waals surface area contributed by atoms with Gasteiger partial charge in [0.2, 0.25) is 5.91 Å². The predicted molar refractivity (Wildman–Crippen MR) is 122 cm³/mol. The van der Waals surface area contributed by atoms with E-state index >= 15 is 0 Å². The maximum atomic E-state index is 14.5. The monoisotopic (exact) mass is 458 g/mol. The number of hydrogen-bond donors (Lipinski definition) is 1. The van der Waals surface area contributed by atoms with Crippen molar-refractivity contribution in [3.8, 4) is 5.75 Å². The van der Waals surface area contributed by atoms with Crippen LogP contribution in [0.4, 0.5) is 8.78 Å². The number of halogens is 2. The molecule has 2 aromatic carbocycles. The number of methoxy groups -OCH3 is 1. The van der Waals surface area contributed by atoms with Crippen LogP contribution in [0.3, 0.4) is 0 Å². The molecule has 2 atom stereocenters. The molecule has 1 heterocycles. The van der Waals surface area contributed by atoms with E-state index < -0.39 is 11.6 Å². The van der Waals surface area contributed by atoms with Gasteiger partial charge < -0.3 is 19.7 Å². The van der Waals surface area contributed by atoms with Crippen molar-refractivity contribution in [2.24, 2.45) is 5.92 Å². The molecule has 0 aromatic heterocycles. The van der Waals surface area contributed by atoms with Crippen molar-refractivity contribution in [1.82, 2.24) is 10.2 Å². The molecule has 2 aliphatic rings. The zero-order chi connectivity index (χ0) is 23.2. The average molecular weight is 459 g/mol. The van der Waals surface area contributed by atoms with E-state index in [-0.39, 0.29) is 36.8 Å². The Morgan fingerprint density at radius 2 is 1.91 bits per heavy atom. The van der Waals surface area contributed by atoms with E-state index in [0.717, 1.165) is 57.0 Å². The normalized spacial score (nSPS) is 20.6. The average Bonchev–Trinajstić information content (AvgIpc) is 3.61. The van der Waals surface area contributed by atoms with E-state index in [2.05, 4.69) is 5.32 Å². The Labute approximate surface area is 194 Å². The standard InChI is InChI=1S/C26H32F2N2O3/c1-32-12-9-18-7-10-30(11-8-18)25(31)16-29-24-15-21(24)22-13-20(27)14-23(28)26(22)33-17-19-5-3-2-4-6-19/h2-6,13-14,18,21,24,29H,7-12,15-17H2,1H3/t21-,24+/m0/s1. The first-order valence-corrected chi connectivity index (χ1v) is 11.7. The SMILES string of the molecule is COCCC1CCN(C(=O)CN[C@@H]2C[C@H]2c2cc(F)cc(F)c2OCc2ccccc2)CC1. The number of likely N-dealkylation sites (tertiary alicyclic amines) is 1. The number of piperidine rings is 1. The Bertz CT molecular complexity index is 933. The summed E-state index contributed by atoms with van der Waals surface area (Å²) < 4.78 is 39.4. The summed E-state index contributed by atoms with van der Waals surface area (Å²) in [6, 6.07) is 11.7. The molecule has 0 radical (unpaired) electrons. The lowest BCUT2D eigenvalue weighted by atomic mass is 9.94. The van der Waals surface area contributed by atoms with Crippen LogP contribution in [0.5, 0.6) is 5.75 Å². The second kappa shape index (κ2) is 11.1. The van der Waals surface area contributed by atoms with Gasteiger partial charge >= 0.3 is 0 Å². The van der Waals surface area contributed by atoms with Gasteiger partial charge in [-0.2, -0.15) is 0 Å². The number of nitrogens with one attached hydrogen (secondary N) is 1. The molecule has 0 bridgehead atoms. The van der Waals surface area contributed by atoms with Crippen LogP contribution < -0.4 is 10.1 Å². The summed E-state index contributed by atoms with van der Waals surface area (Å²) in [5, 5.41) is 3.28.